The van der Waals surface area contributed by atoms with E-state index in [2.05, 4.69) is 15.5 Å². The van der Waals surface area contributed by atoms with Gasteiger partial charge in [0.2, 0.25) is 0 Å². The Hall–Kier alpha value is -2.31. The third-order valence-corrected chi connectivity index (χ3v) is 4.28. The Bertz CT molecular complexity index is 637. The normalized spacial score (nSPS) is 19.6. The van der Waals surface area contributed by atoms with Crippen molar-refractivity contribution in [2.24, 2.45) is 7.05 Å². The second-order valence-corrected chi connectivity index (χ2v) is 6.22. The summed E-state index contributed by atoms with van der Waals surface area (Å²) in [6.07, 6.45) is 6.08. The highest BCUT2D eigenvalue weighted by Gasteiger charge is 2.28. The van der Waals surface area contributed by atoms with E-state index in [1.54, 1.807) is 12.6 Å². The van der Waals surface area contributed by atoms with Crippen molar-refractivity contribution in [1.82, 2.24) is 25.0 Å². The number of piperidine rings is 1. The lowest BCUT2D eigenvalue weighted by molar-refractivity contribution is 0.174. The summed E-state index contributed by atoms with van der Waals surface area (Å²) in [5.41, 5.74) is 0. The second kappa shape index (κ2) is 6.85. The molecule has 1 saturated heterocycles. The van der Waals surface area contributed by atoms with Crippen molar-refractivity contribution >= 4 is 6.03 Å². The van der Waals surface area contributed by atoms with E-state index in [4.69, 9.17) is 4.42 Å². The average molecular weight is 317 g/mol. The van der Waals surface area contributed by atoms with Crippen molar-refractivity contribution in [2.45, 2.75) is 38.1 Å². The Morgan fingerprint density at radius 3 is 3.13 bits per heavy atom. The zero-order chi connectivity index (χ0) is 16.2. The van der Waals surface area contributed by atoms with Gasteiger partial charge in [-0.05, 0) is 31.9 Å². The summed E-state index contributed by atoms with van der Waals surface area (Å²) in [4.78, 5) is 14.4. The Kier molecular flexibility index (Phi) is 4.64. The number of carbonyl (C=O) groups excluding carboxylic acids is 1. The summed E-state index contributed by atoms with van der Waals surface area (Å²) in [7, 11) is 1.94. The van der Waals surface area contributed by atoms with Crippen LogP contribution in [0.1, 0.15) is 37.3 Å². The molecule has 1 aliphatic rings. The van der Waals surface area contributed by atoms with Crippen molar-refractivity contribution in [3.8, 4) is 0 Å². The number of aromatic nitrogens is 3. The maximum absolute atomic E-state index is 12.5. The zero-order valence-electron chi connectivity index (χ0n) is 13.6. The number of urea groups is 1. The van der Waals surface area contributed by atoms with Gasteiger partial charge >= 0.3 is 6.03 Å². The minimum atomic E-state index is -0.0177. The zero-order valence-corrected chi connectivity index (χ0v) is 13.6. The van der Waals surface area contributed by atoms with Gasteiger partial charge in [0.1, 0.15) is 17.9 Å². The highest BCUT2D eigenvalue weighted by molar-refractivity contribution is 5.74. The topological polar surface area (TPSA) is 76.2 Å². The molecule has 7 heteroatoms. The van der Waals surface area contributed by atoms with Crippen LogP contribution in [0.25, 0.3) is 0 Å². The quantitative estimate of drug-likeness (QED) is 0.935. The van der Waals surface area contributed by atoms with E-state index in [0.717, 1.165) is 31.0 Å². The molecule has 1 N–H and O–H groups in total. The van der Waals surface area contributed by atoms with Crippen molar-refractivity contribution in [2.75, 3.05) is 13.1 Å². The number of rotatable bonds is 4. The minimum absolute atomic E-state index is 0.0177. The number of nitrogens with one attached hydrogen (secondary N) is 1. The van der Waals surface area contributed by atoms with E-state index in [-0.39, 0.29) is 18.0 Å². The number of hydrogen-bond donors (Lipinski definition) is 1. The standard InChI is InChI=1S/C16H23N5O2/c1-12(9-14-6-4-8-23-14)18-16(22)21-7-3-5-13(10-21)15-19-17-11-20(15)2/h4,6,8,11-13H,3,5,7,9-10H2,1-2H3,(H,18,22)/t12-,13-/m0/s1. The number of hydrogen-bond acceptors (Lipinski definition) is 4. The number of nitrogens with zero attached hydrogens (tertiary/aromatic N) is 4. The van der Waals surface area contributed by atoms with Crippen molar-refractivity contribution in [1.29, 1.82) is 0 Å². The summed E-state index contributed by atoms with van der Waals surface area (Å²) in [6, 6.07) is 3.80. The fraction of sp³-hybridized carbons (Fsp3) is 0.562. The monoisotopic (exact) mass is 317 g/mol. The Morgan fingerprint density at radius 2 is 2.43 bits per heavy atom. The molecule has 23 heavy (non-hydrogen) atoms. The first kappa shape index (κ1) is 15.6. The molecule has 3 heterocycles. The molecule has 0 radical (unpaired) electrons. The molecule has 124 valence electrons. The van der Waals surface area contributed by atoms with Crippen LogP contribution in [0.5, 0.6) is 0 Å². The largest absolute Gasteiger partial charge is 0.469 e. The molecular formula is C16H23N5O2. The van der Waals surface area contributed by atoms with Crippen molar-refractivity contribution in [3.63, 3.8) is 0 Å². The van der Waals surface area contributed by atoms with Crippen LogP contribution >= 0.6 is 0 Å². The van der Waals surface area contributed by atoms with E-state index in [9.17, 15) is 4.79 Å². The maximum atomic E-state index is 12.5. The molecular weight excluding hydrogens is 294 g/mol. The van der Waals surface area contributed by atoms with Gasteiger partial charge in [0.15, 0.2) is 0 Å². The fourth-order valence-electron chi connectivity index (χ4n) is 3.12. The molecule has 1 aliphatic heterocycles. The molecule has 2 amide bonds. The number of aryl methyl sites for hydroxylation is 1. The molecule has 2 atom stereocenters. The van der Waals surface area contributed by atoms with Gasteiger partial charge in [-0.25, -0.2) is 4.79 Å². The average Bonchev–Trinajstić information content (AvgIpc) is 3.19. The van der Waals surface area contributed by atoms with Crippen LogP contribution < -0.4 is 5.32 Å². The first-order chi connectivity index (χ1) is 11.1. The number of likely N-dealkylation sites (tertiary alicyclic amines) is 1. The van der Waals surface area contributed by atoms with Gasteiger partial charge in [-0.1, -0.05) is 0 Å². The summed E-state index contributed by atoms with van der Waals surface area (Å²) in [5.74, 6) is 2.09. The molecule has 2 aromatic heterocycles. The summed E-state index contributed by atoms with van der Waals surface area (Å²) >= 11 is 0. The Balaban J connectivity index is 1.55. The van der Waals surface area contributed by atoms with Crippen LogP contribution in [0.3, 0.4) is 0 Å². The Labute approximate surface area is 135 Å². The van der Waals surface area contributed by atoms with Gasteiger partial charge in [-0.2, -0.15) is 0 Å². The molecule has 0 spiro atoms. The van der Waals surface area contributed by atoms with E-state index >= 15 is 0 Å². The highest BCUT2D eigenvalue weighted by atomic mass is 16.3. The number of furan rings is 1. The van der Waals surface area contributed by atoms with Gasteiger partial charge in [-0.15, -0.1) is 10.2 Å². The van der Waals surface area contributed by atoms with Crippen LogP contribution in [0.4, 0.5) is 4.79 Å². The van der Waals surface area contributed by atoms with Gasteiger partial charge in [-0.3, -0.25) is 0 Å². The first-order valence-corrected chi connectivity index (χ1v) is 8.05. The van der Waals surface area contributed by atoms with Gasteiger partial charge in [0.25, 0.3) is 0 Å². The van der Waals surface area contributed by atoms with E-state index < -0.39 is 0 Å². The van der Waals surface area contributed by atoms with Gasteiger partial charge < -0.3 is 19.2 Å². The third kappa shape index (κ3) is 3.72. The molecule has 1 fully saturated rings. The van der Waals surface area contributed by atoms with E-state index in [1.165, 1.54) is 0 Å². The van der Waals surface area contributed by atoms with Gasteiger partial charge in [0.05, 0.1) is 6.26 Å². The third-order valence-electron chi connectivity index (χ3n) is 4.28. The summed E-state index contributed by atoms with van der Waals surface area (Å²) in [6.45, 7) is 3.46. The lowest BCUT2D eigenvalue weighted by atomic mass is 9.97. The smallest absolute Gasteiger partial charge is 0.317 e. The molecule has 3 rings (SSSR count). The Morgan fingerprint density at radius 1 is 1.57 bits per heavy atom. The minimum Gasteiger partial charge on any atom is -0.469 e. The van der Waals surface area contributed by atoms with Crippen molar-refractivity contribution < 1.29 is 9.21 Å². The maximum Gasteiger partial charge on any atom is 0.317 e. The summed E-state index contributed by atoms with van der Waals surface area (Å²) in [5, 5.41) is 11.2. The van der Waals surface area contributed by atoms with E-state index in [0.29, 0.717) is 13.0 Å². The van der Waals surface area contributed by atoms with Crippen LogP contribution in [0, 0.1) is 0 Å². The molecule has 7 nitrogen and oxygen atoms in total. The van der Waals surface area contributed by atoms with Crippen molar-refractivity contribution in [3.05, 3.63) is 36.3 Å². The lowest BCUT2D eigenvalue weighted by Gasteiger charge is -2.33. The predicted octanol–water partition coefficient (Wildman–Crippen LogP) is 1.93. The van der Waals surface area contributed by atoms with Crippen LogP contribution in [-0.4, -0.2) is 44.8 Å². The molecule has 0 aromatic carbocycles. The summed E-state index contributed by atoms with van der Waals surface area (Å²) < 4.78 is 7.26. The van der Waals surface area contributed by atoms with Crippen LogP contribution in [0.15, 0.2) is 29.1 Å². The predicted molar refractivity (Wildman–Crippen MR) is 85.0 cm³/mol. The molecule has 2 aromatic rings. The lowest BCUT2D eigenvalue weighted by Crippen LogP contribution is -2.48. The number of amides is 2. The SMILES string of the molecule is C[C@@H](Cc1ccco1)NC(=O)N1CCC[C@H](c2nncn2C)C1. The van der Waals surface area contributed by atoms with Crippen LogP contribution in [0.2, 0.25) is 0 Å². The molecule has 0 bridgehead atoms. The molecule has 0 aliphatic carbocycles. The highest BCUT2D eigenvalue weighted by Crippen LogP contribution is 2.25. The van der Waals surface area contributed by atoms with Gasteiger partial charge in [0, 0.05) is 38.5 Å². The van der Waals surface area contributed by atoms with E-state index in [1.807, 2.05) is 35.6 Å². The fourth-order valence-corrected chi connectivity index (χ4v) is 3.12. The number of carbonyl (C=O) groups is 1. The molecule has 0 unspecified atom stereocenters. The van der Waals surface area contributed by atoms with Crippen LogP contribution in [-0.2, 0) is 13.5 Å². The first-order valence-electron chi connectivity index (χ1n) is 8.05. The second-order valence-electron chi connectivity index (χ2n) is 6.22. The molecule has 0 saturated carbocycles.